The molecule has 1 atom stereocenters. The molecule has 1 unspecified atom stereocenters. The molecule has 1 aliphatic rings. The molecule has 0 aliphatic heterocycles. The minimum atomic E-state index is 0.838. The van der Waals surface area contributed by atoms with Crippen molar-refractivity contribution in [1.82, 2.24) is 0 Å². The van der Waals surface area contributed by atoms with Gasteiger partial charge in [-0.25, -0.2) is 0 Å². The van der Waals surface area contributed by atoms with Crippen LogP contribution in [0.1, 0.15) is 30.9 Å². The third-order valence-electron chi connectivity index (χ3n) is 2.94. The Morgan fingerprint density at radius 2 is 1.94 bits per heavy atom. The first kappa shape index (κ1) is 13.0. The van der Waals surface area contributed by atoms with Crippen LogP contribution in [0.15, 0.2) is 18.2 Å². The van der Waals surface area contributed by atoms with E-state index in [1.807, 2.05) is 6.07 Å². The van der Waals surface area contributed by atoms with Gasteiger partial charge in [-0.15, -0.1) is 0 Å². The molecule has 2 N–H and O–H groups in total. The summed E-state index contributed by atoms with van der Waals surface area (Å²) in [5, 5.41) is 0. The van der Waals surface area contributed by atoms with Crippen LogP contribution >= 0.6 is 0 Å². The van der Waals surface area contributed by atoms with Crippen LogP contribution in [0.2, 0.25) is 0 Å². The van der Waals surface area contributed by atoms with Gasteiger partial charge in [-0.05, 0) is 48.4 Å². The number of aryl methyl sites for hydroxylation is 1. The number of hydrogen-bond acceptors (Lipinski definition) is 2. The van der Waals surface area contributed by atoms with Gasteiger partial charge in [0, 0.05) is 19.9 Å². The fourth-order valence-corrected chi connectivity index (χ4v) is 2.20. The molecule has 0 bridgehead atoms. The Labute approximate surface area is 98.8 Å². The second-order valence-electron chi connectivity index (χ2n) is 4.64. The SMILES string of the molecule is CC1CCCc2cc(N)ccc2C1.COC. The number of methoxy groups -OCH3 is 1. The largest absolute Gasteiger partial charge is 0.399 e. The molecule has 0 spiro atoms. The van der Waals surface area contributed by atoms with Crippen LogP contribution in [0.25, 0.3) is 0 Å². The summed E-state index contributed by atoms with van der Waals surface area (Å²) in [5.41, 5.74) is 9.67. The van der Waals surface area contributed by atoms with Gasteiger partial charge in [-0.2, -0.15) is 0 Å². The standard InChI is InChI=1S/C12H17N.C2H6O/c1-9-3-2-4-10-8-12(13)6-5-11(10)7-9;1-3-2/h5-6,8-9H,2-4,7,13H2,1H3;1-2H3. The third kappa shape index (κ3) is 3.86. The Hall–Kier alpha value is -1.02. The van der Waals surface area contributed by atoms with E-state index in [2.05, 4.69) is 23.8 Å². The zero-order chi connectivity index (χ0) is 12.0. The molecule has 2 rings (SSSR count). The van der Waals surface area contributed by atoms with Crippen LogP contribution in [-0.2, 0) is 17.6 Å². The number of hydrogen-bond donors (Lipinski definition) is 1. The molecule has 0 aromatic heterocycles. The molecular weight excluding hydrogens is 198 g/mol. The normalized spacial score (nSPS) is 19.1. The number of anilines is 1. The minimum Gasteiger partial charge on any atom is -0.399 e. The molecule has 0 fully saturated rings. The molecule has 16 heavy (non-hydrogen) atoms. The van der Waals surface area contributed by atoms with Crippen molar-refractivity contribution in [3.05, 3.63) is 29.3 Å². The van der Waals surface area contributed by atoms with Gasteiger partial charge >= 0.3 is 0 Å². The molecule has 1 aromatic carbocycles. The van der Waals surface area contributed by atoms with Crippen molar-refractivity contribution < 1.29 is 4.74 Å². The monoisotopic (exact) mass is 221 g/mol. The highest BCUT2D eigenvalue weighted by atomic mass is 16.4. The number of nitrogen functional groups attached to an aromatic ring is 1. The summed E-state index contributed by atoms with van der Waals surface area (Å²) in [6, 6.07) is 6.37. The van der Waals surface area contributed by atoms with Crippen LogP contribution in [0.3, 0.4) is 0 Å². The second kappa shape index (κ2) is 6.54. The van der Waals surface area contributed by atoms with Crippen LogP contribution in [0, 0.1) is 5.92 Å². The average molecular weight is 221 g/mol. The van der Waals surface area contributed by atoms with Gasteiger partial charge in [0.2, 0.25) is 0 Å². The lowest BCUT2D eigenvalue weighted by Crippen LogP contribution is -1.98. The van der Waals surface area contributed by atoms with Crippen LogP contribution in [-0.4, -0.2) is 14.2 Å². The average Bonchev–Trinajstić information content (AvgIpc) is 2.40. The van der Waals surface area contributed by atoms with Crippen molar-refractivity contribution in [1.29, 1.82) is 0 Å². The molecule has 0 saturated carbocycles. The number of rotatable bonds is 0. The van der Waals surface area contributed by atoms with Crippen LogP contribution in [0.5, 0.6) is 0 Å². The molecule has 1 aromatic rings. The Bertz CT molecular complexity index is 323. The predicted molar refractivity (Wildman–Crippen MR) is 69.6 cm³/mol. The number of ether oxygens (including phenoxy) is 1. The summed E-state index contributed by atoms with van der Waals surface area (Å²) in [4.78, 5) is 0. The van der Waals surface area contributed by atoms with Crippen LogP contribution in [0.4, 0.5) is 5.69 Å². The van der Waals surface area contributed by atoms with Gasteiger partial charge in [0.05, 0.1) is 0 Å². The van der Waals surface area contributed by atoms with Crippen LogP contribution < -0.4 is 5.73 Å². The zero-order valence-electron chi connectivity index (χ0n) is 10.6. The van der Waals surface area contributed by atoms with E-state index in [-0.39, 0.29) is 0 Å². The Kier molecular flexibility index (Phi) is 5.33. The van der Waals surface area contributed by atoms with Gasteiger partial charge in [0.1, 0.15) is 0 Å². The van der Waals surface area contributed by atoms with Gasteiger partial charge in [0.25, 0.3) is 0 Å². The highest BCUT2D eigenvalue weighted by Crippen LogP contribution is 2.25. The molecular formula is C14H23NO. The summed E-state index contributed by atoms with van der Waals surface area (Å²) in [6.45, 7) is 2.34. The lowest BCUT2D eigenvalue weighted by atomic mass is 9.98. The first-order valence-corrected chi connectivity index (χ1v) is 5.94. The van der Waals surface area contributed by atoms with Crippen molar-refractivity contribution in [2.45, 2.75) is 32.6 Å². The minimum absolute atomic E-state index is 0.838. The molecule has 0 amide bonds. The van der Waals surface area contributed by atoms with Gasteiger partial charge in [-0.3, -0.25) is 0 Å². The topological polar surface area (TPSA) is 35.2 Å². The summed E-state index contributed by atoms with van der Waals surface area (Å²) in [7, 11) is 3.25. The van der Waals surface area contributed by atoms with E-state index in [0.29, 0.717) is 0 Å². The van der Waals surface area contributed by atoms with E-state index in [9.17, 15) is 0 Å². The smallest absolute Gasteiger partial charge is 0.0351 e. The van der Waals surface area contributed by atoms with Crippen molar-refractivity contribution >= 4 is 5.69 Å². The summed E-state index contributed by atoms with van der Waals surface area (Å²) in [5.74, 6) is 0.838. The van der Waals surface area contributed by atoms with Crippen molar-refractivity contribution in [2.24, 2.45) is 5.92 Å². The third-order valence-corrected chi connectivity index (χ3v) is 2.94. The van der Waals surface area contributed by atoms with E-state index >= 15 is 0 Å². The van der Waals surface area contributed by atoms with E-state index in [1.54, 1.807) is 14.2 Å². The maximum absolute atomic E-state index is 5.77. The molecule has 1 aliphatic carbocycles. The zero-order valence-corrected chi connectivity index (χ0v) is 10.6. The fraction of sp³-hybridized carbons (Fsp3) is 0.571. The highest BCUT2D eigenvalue weighted by molar-refractivity contribution is 5.45. The first-order chi connectivity index (χ1) is 7.67. The van der Waals surface area contributed by atoms with Gasteiger partial charge in [-0.1, -0.05) is 19.4 Å². The molecule has 0 saturated heterocycles. The van der Waals surface area contributed by atoms with Crippen molar-refractivity contribution in [3.63, 3.8) is 0 Å². The first-order valence-electron chi connectivity index (χ1n) is 5.94. The second-order valence-corrected chi connectivity index (χ2v) is 4.64. The quantitative estimate of drug-likeness (QED) is 0.540. The molecule has 2 heteroatoms. The number of nitrogens with two attached hydrogens (primary N) is 1. The van der Waals surface area contributed by atoms with E-state index in [4.69, 9.17) is 5.73 Å². The fourth-order valence-electron chi connectivity index (χ4n) is 2.20. The van der Waals surface area contributed by atoms with E-state index in [1.165, 1.54) is 36.8 Å². The van der Waals surface area contributed by atoms with Gasteiger partial charge in [0.15, 0.2) is 0 Å². The molecule has 90 valence electrons. The number of fused-ring (bicyclic) bond motifs is 1. The van der Waals surface area contributed by atoms with E-state index in [0.717, 1.165) is 11.6 Å². The Balaban J connectivity index is 0.000000386. The lowest BCUT2D eigenvalue weighted by molar-refractivity contribution is 0.277. The summed E-state index contributed by atoms with van der Waals surface area (Å²) in [6.07, 6.45) is 5.12. The lowest BCUT2D eigenvalue weighted by Gasteiger charge is -2.08. The maximum atomic E-state index is 5.77. The predicted octanol–water partition coefficient (Wildman–Crippen LogP) is 3.05. The molecule has 0 radical (unpaired) electrons. The van der Waals surface area contributed by atoms with Crippen molar-refractivity contribution in [3.8, 4) is 0 Å². The van der Waals surface area contributed by atoms with Gasteiger partial charge < -0.3 is 10.5 Å². The maximum Gasteiger partial charge on any atom is 0.0351 e. The molecule has 2 nitrogen and oxygen atoms in total. The van der Waals surface area contributed by atoms with E-state index < -0.39 is 0 Å². The summed E-state index contributed by atoms with van der Waals surface area (Å²) >= 11 is 0. The Morgan fingerprint density at radius 1 is 1.25 bits per heavy atom. The molecule has 0 heterocycles. The number of benzene rings is 1. The Morgan fingerprint density at radius 3 is 2.62 bits per heavy atom. The van der Waals surface area contributed by atoms with Crippen molar-refractivity contribution in [2.75, 3.05) is 20.0 Å². The highest BCUT2D eigenvalue weighted by Gasteiger charge is 2.12. The summed E-state index contributed by atoms with van der Waals surface area (Å²) < 4.78 is 4.25.